The predicted octanol–water partition coefficient (Wildman–Crippen LogP) is 4.28. The summed E-state index contributed by atoms with van der Waals surface area (Å²) in [6, 6.07) is 14.4. The van der Waals surface area contributed by atoms with Crippen molar-refractivity contribution < 1.29 is 17.9 Å². The maximum Gasteiger partial charge on any atom is 0.348 e. The number of carbonyl (C=O) groups excluding carboxylic acids is 1. The van der Waals surface area contributed by atoms with Crippen molar-refractivity contribution in [3.63, 3.8) is 0 Å². The SMILES string of the molecule is CCOC(=O)c1cc(C)c(-c2ccc(N(C)C)c(-c3ccc(S(N)(=O)=O)cc3)c2)s1. The Morgan fingerprint density at radius 1 is 1.07 bits per heavy atom. The van der Waals surface area contributed by atoms with Gasteiger partial charge in [-0.05, 0) is 60.9 Å². The van der Waals surface area contributed by atoms with E-state index in [0.717, 1.165) is 32.8 Å². The number of benzene rings is 2. The van der Waals surface area contributed by atoms with Gasteiger partial charge in [-0.1, -0.05) is 18.2 Å². The Bertz CT molecular complexity index is 1180. The molecule has 0 saturated carbocycles. The van der Waals surface area contributed by atoms with E-state index in [2.05, 4.69) is 6.07 Å². The molecule has 158 valence electrons. The highest BCUT2D eigenvalue weighted by Gasteiger charge is 2.17. The summed E-state index contributed by atoms with van der Waals surface area (Å²) in [5.41, 5.74) is 4.78. The number of rotatable bonds is 6. The number of thiophene rings is 1. The lowest BCUT2D eigenvalue weighted by Gasteiger charge is -2.19. The highest BCUT2D eigenvalue weighted by atomic mass is 32.2. The Morgan fingerprint density at radius 3 is 2.27 bits per heavy atom. The molecule has 2 N–H and O–H groups in total. The summed E-state index contributed by atoms with van der Waals surface area (Å²) in [6.45, 7) is 4.09. The van der Waals surface area contributed by atoms with E-state index in [1.165, 1.54) is 23.5 Å². The molecule has 0 fully saturated rings. The van der Waals surface area contributed by atoms with Gasteiger partial charge in [-0.2, -0.15) is 0 Å². The quantitative estimate of drug-likeness (QED) is 0.573. The summed E-state index contributed by atoms with van der Waals surface area (Å²) >= 11 is 1.40. The molecule has 0 aliphatic heterocycles. The maximum absolute atomic E-state index is 12.1. The summed E-state index contributed by atoms with van der Waals surface area (Å²) in [5, 5.41) is 5.22. The van der Waals surface area contributed by atoms with E-state index in [9.17, 15) is 13.2 Å². The van der Waals surface area contributed by atoms with Crippen LogP contribution >= 0.6 is 11.3 Å². The number of esters is 1. The third-order valence-corrected chi connectivity index (χ3v) is 6.82. The van der Waals surface area contributed by atoms with Crippen LogP contribution in [-0.2, 0) is 14.8 Å². The number of nitrogens with two attached hydrogens (primary N) is 1. The average Bonchev–Trinajstić information content (AvgIpc) is 3.09. The van der Waals surface area contributed by atoms with Gasteiger partial charge in [0.25, 0.3) is 0 Å². The van der Waals surface area contributed by atoms with Gasteiger partial charge < -0.3 is 9.64 Å². The second kappa shape index (κ2) is 8.59. The lowest BCUT2D eigenvalue weighted by molar-refractivity contribution is 0.0532. The lowest BCUT2D eigenvalue weighted by Crippen LogP contribution is -2.12. The number of carbonyl (C=O) groups is 1. The molecule has 0 spiro atoms. The molecule has 0 aliphatic rings. The van der Waals surface area contributed by atoms with Crippen LogP contribution < -0.4 is 10.0 Å². The van der Waals surface area contributed by atoms with Crippen LogP contribution in [0.5, 0.6) is 0 Å². The van der Waals surface area contributed by atoms with Gasteiger partial charge in [0, 0.05) is 30.2 Å². The molecule has 0 aliphatic carbocycles. The molecular formula is C22H24N2O4S2. The Labute approximate surface area is 181 Å². The van der Waals surface area contributed by atoms with Crippen LogP contribution in [0.1, 0.15) is 22.2 Å². The number of aryl methyl sites for hydroxylation is 1. The first-order valence-electron chi connectivity index (χ1n) is 9.34. The third-order valence-electron chi connectivity index (χ3n) is 4.63. The normalized spacial score (nSPS) is 11.4. The van der Waals surface area contributed by atoms with Gasteiger partial charge in [-0.25, -0.2) is 18.4 Å². The minimum absolute atomic E-state index is 0.0713. The fourth-order valence-corrected chi connectivity index (χ4v) is 4.77. The molecule has 0 radical (unpaired) electrons. The summed E-state index contributed by atoms with van der Waals surface area (Å²) in [7, 11) is 0.154. The van der Waals surface area contributed by atoms with Crippen molar-refractivity contribution in [2.45, 2.75) is 18.7 Å². The third kappa shape index (κ3) is 4.56. The van der Waals surface area contributed by atoms with Crippen LogP contribution in [-0.4, -0.2) is 35.1 Å². The summed E-state index contributed by atoms with van der Waals surface area (Å²) in [4.78, 5) is 15.7. The smallest absolute Gasteiger partial charge is 0.348 e. The van der Waals surface area contributed by atoms with Crippen molar-refractivity contribution in [2.75, 3.05) is 25.6 Å². The Morgan fingerprint density at radius 2 is 1.70 bits per heavy atom. The maximum atomic E-state index is 12.1. The molecule has 1 heterocycles. The number of hydrogen-bond acceptors (Lipinski definition) is 6. The van der Waals surface area contributed by atoms with Crippen molar-refractivity contribution in [3.05, 3.63) is 59.0 Å². The standard InChI is InChI=1S/C22H24N2O4S2/c1-5-28-22(25)20-12-14(2)21(29-20)16-8-11-19(24(3)4)18(13-16)15-6-9-17(10-7-15)30(23,26)27/h6-13H,5H2,1-4H3,(H2,23,26,27). The minimum Gasteiger partial charge on any atom is -0.462 e. The monoisotopic (exact) mass is 444 g/mol. The molecule has 30 heavy (non-hydrogen) atoms. The molecule has 0 unspecified atom stereocenters. The van der Waals surface area contributed by atoms with Gasteiger partial charge >= 0.3 is 5.97 Å². The van der Waals surface area contributed by atoms with Crippen molar-refractivity contribution in [3.8, 4) is 21.6 Å². The Hall–Kier alpha value is -2.68. The molecule has 8 heteroatoms. The lowest BCUT2D eigenvalue weighted by atomic mass is 9.99. The van der Waals surface area contributed by atoms with Crippen LogP contribution in [0.3, 0.4) is 0 Å². The average molecular weight is 445 g/mol. The number of nitrogens with zero attached hydrogens (tertiary/aromatic N) is 1. The second-order valence-electron chi connectivity index (χ2n) is 7.04. The van der Waals surface area contributed by atoms with E-state index >= 15 is 0 Å². The van der Waals surface area contributed by atoms with Crippen LogP contribution in [0, 0.1) is 6.92 Å². The molecule has 1 aromatic heterocycles. The number of sulfonamides is 1. The van der Waals surface area contributed by atoms with Gasteiger partial charge in [0.05, 0.1) is 11.5 Å². The molecule has 2 aromatic carbocycles. The van der Waals surface area contributed by atoms with Gasteiger partial charge in [-0.15, -0.1) is 11.3 Å². The summed E-state index contributed by atoms with van der Waals surface area (Å²) in [6.07, 6.45) is 0. The molecule has 0 atom stereocenters. The number of ether oxygens (including phenoxy) is 1. The van der Waals surface area contributed by atoms with E-state index in [4.69, 9.17) is 9.88 Å². The molecule has 3 aromatic rings. The topological polar surface area (TPSA) is 89.7 Å². The zero-order chi connectivity index (χ0) is 22.1. The molecule has 0 amide bonds. The van der Waals surface area contributed by atoms with E-state index in [1.54, 1.807) is 19.1 Å². The highest BCUT2D eigenvalue weighted by molar-refractivity contribution is 7.89. The van der Waals surface area contributed by atoms with Crippen LogP contribution in [0.4, 0.5) is 5.69 Å². The fourth-order valence-electron chi connectivity index (χ4n) is 3.19. The van der Waals surface area contributed by atoms with Crippen LogP contribution in [0.2, 0.25) is 0 Å². The van der Waals surface area contributed by atoms with Gasteiger partial charge in [0.15, 0.2) is 0 Å². The summed E-state index contributed by atoms with van der Waals surface area (Å²) in [5.74, 6) is -0.319. The fraction of sp³-hybridized carbons (Fsp3) is 0.227. The molecule has 0 bridgehead atoms. The Balaban J connectivity index is 2.09. The Kier molecular flexibility index (Phi) is 6.30. The second-order valence-corrected chi connectivity index (χ2v) is 9.65. The molecule has 6 nitrogen and oxygen atoms in total. The van der Waals surface area contributed by atoms with Crippen molar-refractivity contribution in [2.24, 2.45) is 5.14 Å². The highest BCUT2D eigenvalue weighted by Crippen LogP contribution is 2.38. The van der Waals surface area contributed by atoms with Gasteiger partial charge in [0.1, 0.15) is 4.88 Å². The van der Waals surface area contributed by atoms with E-state index in [1.807, 2.05) is 44.1 Å². The largest absolute Gasteiger partial charge is 0.462 e. The molecule has 3 rings (SSSR count). The molecular weight excluding hydrogens is 420 g/mol. The van der Waals surface area contributed by atoms with Crippen LogP contribution in [0.15, 0.2) is 53.4 Å². The number of hydrogen-bond donors (Lipinski definition) is 1. The van der Waals surface area contributed by atoms with E-state index in [-0.39, 0.29) is 10.9 Å². The first kappa shape index (κ1) is 22.0. The zero-order valence-electron chi connectivity index (χ0n) is 17.3. The first-order valence-corrected chi connectivity index (χ1v) is 11.7. The van der Waals surface area contributed by atoms with Gasteiger partial charge in [-0.3, -0.25) is 0 Å². The number of primary sulfonamides is 1. The van der Waals surface area contributed by atoms with Crippen LogP contribution in [0.25, 0.3) is 21.6 Å². The van der Waals surface area contributed by atoms with E-state index in [0.29, 0.717) is 11.5 Å². The summed E-state index contributed by atoms with van der Waals surface area (Å²) < 4.78 is 28.3. The van der Waals surface area contributed by atoms with Crippen molar-refractivity contribution in [1.29, 1.82) is 0 Å². The number of anilines is 1. The van der Waals surface area contributed by atoms with Gasteiger partial charge in [0.2, 0.25) is 10.0 Å². The zero-order valence-corrected chi connectivity index (χ0v) is 18.9. The van der Waals surface area contributed by atoms with E-state index < -0.39 is 10.0 Å². The molecule has 0 saturated heterocycles. The first-order chi connectivity index (χ1) is 14.1. The minimum atomic E-state index is -3.75. The predicted molar refractivity (Wildman–Crippen MR) is 122 cm³/mol. The van der Waals surface area contributed by atoms with Crippen molar-refractivity contribution in [1.82, 2.24) is 0 Å². The van der Waals surface area contributed by atoms with Crippen molar-refractivity contribution >= 4 is 33.0 Å².